The van der Waals surface area contributed by atoms with E-state index in [4.69, 9.17) is 15.0 Å². The molecule has 0 atom stereocenters. The minimum atomic E-state index is 0.642. The normalized spacial score (nSPS) is 11.6. The van der Waals surface area contributed by atoms with E-state index in [1.54, 1.807) is 0 Å². The highest BCUT2D eigenvalue weighted by Gasteiger charge is 2.19. The van der Waals surface area contributed by atoms with Gasteiger partial charge in [-0.1, -0.05) is 152 Å². The summed E-state index contributed by atoms with van der Waals surface area (Å²) in [5, 5.41) is 4.93. The van der Waals surface area contributed by atoms with Crippen LogP contribution in [-0.4, -0.2) is 24.1 Å². The van der Waals surface area contributed by atoms with Crippen molar-refractivity contribution >= 4 is 43.6 Å². The Morgan fingerprint density at radius 3 is 1.18 bits per heavy atom. The Morgan fingerprint density at radius 1 is 0.250 bits per heavy atom. The van der Waals surface area contributed by atoms with Gasteiger partial charge in [0.15, 0.2) is 17.5 Å². The molecule has 0 aliphatic rings. The van der Waals surface area contributed by atoms with Gasteiger partial charge in [0, 0.05) is 49.6 Å². The van der Waals surface area contributed by atoms with Crippen LogP contribution in [-0.2, 0) is 0 Å². The second-order valence-electron chi connectivity index (χ2n) is 14.1. The summed E-state index contributed by atoms with van der Waals surface area (Å²) in [5.74, 6) is 1.95. The molecule has 11 aromatic rings. The Hall–Kier alpha value is -7.63. The molecule has 0 bridgehead atoms. The lowest BCUT2D eigenvalue weighted by atomic mass is 10.0. The van der Waals surface area contributed by atoms with Crippen LogP contribution in [0.5, 0.6) is 0 Å². The van der Waals surface area contributed by atoms with Gasteiger partial charge in [0.1, 0.15) is 0 Å². The highest BCUT2D eigenvalue weighted by atomic mass is 15.0. The van der Waals surface area contributed by atoms with E-state index in [-0.39, 0.29) is 0 Å². The largest absolute Gasteiger partial charge is 0.309 e. The van der Waals surface area contributed by atoms with Crippen molar-refractivity contribution < 1.29 is 0 Å². The smallest absolute Gasteiger partial charge is 0.164 e. The molecular formula is C51H33N5. The summed E-state index contributed by atoms with van der Waals surface area (Å²) in [6.07, 6.45) is 0. The van der Waals surface area contributed by atoms with E-state index in [0.29, 0.717) is 17.5 Å². The number of hydrogen-bond acceptors (Lipinski definition) is 3. The lowest BCUT2D eigenvalue weighted by Gasteiger charge is -2.12. The van der Waals surface area contributed by atoms with Crippen molar-refractivity contribution in [2.24, 2.45) is 0 Å². The molecule has 0 saturated heterocycles. The van der Waals surface area contributed by atoms with Crippen LogP contribution in [0.15, 0.2) is 200 Å². The third-order valence-electron chi connectivity index (χ3n) is 10.8. The maximum Gasteiger partial charge on any atom is 0.164 e. The average Bonchev–Trinajstić information content (AvgIpc) is 3.78. The minimum absolute atomic E-state index is 0.642. The number of benzene rings is 8. The van der Waals surface area contributed by atoms with Crippen LogP contribution in [0.4, 0.5) is 0 Å². The summed E-state index contributed by atoms with van der Waals surface area (Å²) >= 11 is 0. The standard InChI is InChI=1S/C51H33N5/c1-4-15-35(16-5-1)49-52-50(36-17-6-2-7-18-36)54-51(53-49)37-29-27-34(28-30-37)38-19-14-22-40(31-38)56-46-26-13-11-24-42(46)44-32-47-43(33-48(44)56)41-23-10-12-25-45(41)55(47)39-20-8-3-9-21-39/h1-33H. The molecule has 262 valence electrons. The van der Waals surface area contributed by atoms with Crippen molar-refractivity contribution in [2.45, 2.75) is 0 Å². The monoisotopic (exact) mass is 715 g/mol. The average molecular weight is 716 g/mol. The molecule has 56 heavy (non-hydrogen) atoms. The van der Waals surface area contributed by atoms with Crippen LogP contribution in [0.2, 0.25) is 0 Å². The molecule has 0 fully saturated rings. The van der Waals surface area contributed by atoms with E-state index in [1.165, 1.54) is 43.6 Å². The fourth-order valence-electron chi connectivity index (χ4n) is 8.14. The Kier molecular flexibility index (Phi) is 7.42. The van der Waals surface area contributed by atoms with Crippen LogP contribution in [0.3, 0.4) is 0 Å². The fraction of sp³-hybridized carbons (Fsp3) is 0. The van der Waals surface area contributed by atoms with Gasteiger partial charge < -0.3 is 9.13 Å². The van der Waals surface area contributed by atoms with E-state index >= 15 is 0 Å². The van der Waals surface area contributed by atoms with E-state index in [0.717, 1.165) is 39.2 Å². The summed E-state index contributed by atoms with van der Waals surface area (Å²) < 4.78 is 4.81. The van der Waals surface area contributed by atoms with Gasteiger partial charge >= 0.3 is 0 Å². The van der Waals surface area contributed by atoms with Crippen LogP contribution in [0.1, 0.15) is 0 Å². The molecular weight excluding hydrogens is 683 g/mol. The van der Waals surface area contributed by atoms with Gasteiger partial charge in [0.2, 0.25) is 0 Å². The first-order chi connectivity index (χ1) is 27.8. The van der Waals surface area contributed by atoms with Crippen LogP contribution >= 0.6 is 0 Å². The quantitative estimate of drug-likeness (QED) is 0.172. The van der Waals surface area contributed by atoms with Gasteiger partial charge in [-0.05, 0) is 59.7 Å². The van der Waals surface area contributed by atoms with Crippen molar-refractivity contribution in [3.63, 3.8) is 0 Å². The molecule has 11 rings (SSSR count). The van der Waals surface area contributed by atoms with E-state index in [9.17, 15) is 0 Å². The summed E-state index contributed by atoms with van der Waals surface area (Å²) in [6.45, 7) is 0. The van der Waals surface area contributed by atoms with E-state index in [1.807, 2.05) is 60.7 Å². The first kappa shape index (κ1) is 31.9. The Labute approximate surface area is 323 Å². The van der Waals surface area contributed by atoms with Crippen molar-refractivity contribution in [3.8, 4) is 56.7 Å². The minimum Gasteiger partial charge on any atom is -0.309 e. The van der Waals surface area contributed by atoms with Crippen molar-refractivity contribution in [1.29, 1.82) is 0 Å². The number of rotatable bonds is 6. The fourth-order valence-corrected chi connectivity index (χ4v) is 8.14. The van der Waals surface area contributed by atoms with Crippen LogP contribution in [0.25, 0.3) is 100 Å². The Morgan fingerprint density at radius 2 is 0.643 bits per heavy atom. The summed E-state index contributed by atoms with van der Waals surface area (Å²) in [6, 6.07) is 70.5. The molecule has 0 spiro atoms. The predicted octanol–water partition coefficient (Wildman–Crippen LogP) is 12.7. The number of aromatic nitrogens is 5. The molecule has 5 heteroatoms. The third kappa shape index (κ3) is 5.29. The second-order valence-corrected chi connectivity index (χ2v) is 14.1. The van der Waals surface area contributed by atoms with Gasteiger partial charge in [-0.2, -0.15) is 0 Å². The zero-order valence-electron chi connectivity index (χ0n) is 30.3. The summed E-state index contributed by atoms with van der Waals surface area (Å²) in [7, 11) is 0. The zero-order valence-corrected chi connectivity index (χ0v) is 30.3. The van der Waals surface area contributed by atoms with Crippen molar-refractivity contribution in [2.75, 3.05) is 0 Å². The maximum atomic E-state index is 4.94. The van der Waals surface area contributed by atoms with E-state index < -0.39 is 0 Å². The SMILES string of the molecule is c1ccc(-c2nc(-c3ccccc3)nc(-c3ccc(-c4cccc(-n5c6ccccc6c6cc7c(cc65)c5ccccc5n7-c5ccccc5)c4)cc3)n2)cc1. The number of nitrogens with zero attached hydrogens (tertiary/aromatic N) is 5. The lowest BCUT2D eigenvalue weighted by molar-refractivity contribution is 1.07. The molecule has 5 nitrogen and oxygen atoms in total. The van der Waals surface area contributed by atoms with Gasteiger partial charge in [-0.3, -0.25) is 0 Å². The highest BCUT2D eigenvalue weighted by molar-refractivity contribution is 6.19. The molecule has 0 unspecified atom stereocenters. The molecule has 0 aliphatic heterocycles. The maximum absolute atomic E-state index is 4.94. The van der Waals surface area contributed by atoms with Crippen molar-refractivity contribution in [1.82, 2.24) is 24.1 Å². The van der Waals surface area contributed by atoms with Gasteiger partial charge in [-0.15, -0.1) is 0 Å². The van der Waals surface area contributed by atoms with Gasteiger partial charge in [0.05, 0.1) is 22.1 Å². The van der Waals surface area contributed by atoms with Crippen molar-refractivity contribution in [3.05, 3.63) is 200 Å². The Bertz CT molecular complexity index is 3160. The van der Waals surface area contributed by atoms with Crippen LogP contribution < -0.4 is 0 Å². The second kappa shape index (κ2) is 13.0. The van der Waals surface area contributed by atoms with Gasteiger partial charge in [-0.25, -0.2) is 15.0 Å². The lowest BCUT2D eigenvalue weighted by Crippen LogP contribution is -2.00. The Balaban J connectivity index is 1.03. The predicted molar refractivity (Wildman–Crippen MR) is 230 cm³/mol. The third-order valence-corrected chi connectivity index (χ3v) is 10.8. The van der Waals surface area contributed by atoms with Crippen LogP contribution in [0, 0.1) is 0 Å². The molecule has 3 heterocycles. The summed E-state index contributed by atoms with van der Waals surface area (Å²) in [4.78, 5) is 14.7. The number of fused-ring (bicyclic) bond motifs is 6. The number of para-hydroxylation sites is 3. The zero-order chi connectivity index (χ0) is 37.0. The molecule has 0 amide bonds. The van der Waals surface area contributed by atoms with E-state index in [2.05, 4.69) is 149 Å². The molecule has 0 saturated carbocycles. The highest BCUT2D eigenvalue weighted by Crippen LogP contribution is 2.40. The first-order valence-electron chi connectivity index (χ1n) is 18.9. The molecule has 3 aromatic heterocycles. The molecule has 0 N–H and O–H groups in total. The number of hydrogen-bond donors (Lipinski definition) is 0. The molecule has 0 aliphatic carbocycles. The first-order valence-corrected chi connectivity index (χ1v) is 18.9. The summed E-state index contributed by atoms with van der Waals surface area (Å²) in [5.41, 5.74) is 12.1. The van der Waals surface area contributed by atoms with Gasteiger partial charge in [0.25, 0.3) is 0 Å². The molecule has 0 radical (unpaired) electrons. The topological polar surface area (TPSA) is 48.5 Å². The molecule has 8 aromatic carbocycles.